The van der Waals surface area contributed by atoms with E-state index in [9.17, 15) is 8.42 Å². The minimum atomic E-state index is -3.55. The van der Waals surface area contributed by atoms with E-state index in [-0.39, 0.29) is 17.0 Å². The maximum atomic E-state index is 12.7. The quantitative estimate of drug-likeness (QED) is 0.851. The van der Waals surface area contributed by atoms with E-state index < -0.39 is 10.0 Å². The van der Waals surface area contributed by atoms with Crippen LogP contribution in [0.5, 0.6) is 0 Å². The monoisotopic (exact) mass is 335 g/mol. The van der Waals surface area contributed by atoms with Crippen molar-refractivity contribution < 1.29 is 8.42 Å². The molecule has 8 heteroatoms. The molecular weight excluding hydrogens is 314 g/mol. The number of piperidine rings is 1. The Labute approximate surface area is 136 Å². The van der Waals surface area contributed by atoms with Crippen LogP contribution >= 0.6 is 0 Å². The SMILES string of the molecule is CC(C)n1cnnc1[C@@H]1CCCN(S(=O)(=O)c2ccccn2)C1. The van der Waals surface area contributed by atoms with Crippen LogP contribution in [0.1, 0.15) is 44.5 Å². The second kappa shape index (κ2) is 6.37. The lowest BCUT2D eigenvalue weighted by molar-refractivity contribution is 0.301. The highest BCUT2D eigenvalue weighted by molar-refractivity contribution is 7.89. The van der Waals surface area contributed by atoms with Gasteiger partial charge in [-0.3, -0.25) is 0 Å². The highest BCUT2D eigenvalue weighted by Crippen LogP contribution is 2.29. The second-order valence-corrected chi connectivity index (χ2v) is 7.95. The van der Waals surface area contributed by atoms with Gasteiger partial charge in [0.2, 0.25) is 0 Å². The number of aromatic nitrogens is 4. The third kappa shape index (κ3) is 3.13. The van der Waals surface area contributed by atoms with E-state index in [4.69, 9.17) is 0 Å². The highest BCUT2D eigenvalue weighted by Gasteiger charge is 2.33. The van der Waals surface area contributed by atoms with Crippen molar-refractivity contribution in [3.63, 3.8) is 0 Å². The molecule has 0 bridgehead atoms. The lowest BCUT2D eigenvalue weighted by Crippen LogP contribution is -2.40. The van der Waals surface area contributed by atoms with Crippen LogP contribution in [0.4, 0.5) is 0 Å². The van der Waals surface area contributed by atoms with Gasteiger partial charge in [0.1, 0.15) is 12.2 Å². The molecule has 0 aromatic carbocycles. The number of sulfonamides is 1. The summed E-state index contributed by atoms with van der Waals surface area (Å²) in [7, 11) is -3.55. The van der Waals surface area contributed by atoms with Crippen LogP contribution in [0.25, 0.3) is 0 Å². The topological polar surface area (TPSA) is 81.0 Å². The zero-order valence-electron chi connectivity index (χ0n) is 13.3. The molecule has 2 aromatic heterocycles. The van der Waals surface area contributed by atoms with Crippen LogP contribution < -0.4 is 0 Å². The Balaban J connectivity index is 1.85. The van der Waals surface area contributed by atoms with Crippen molar-refractivity contribution in [2.45, 2.75) is 43.7 Å². The lowest BCUT2D eigenvalue weighted by atomic mass is 9.98. The molecule has 0 amide bonds. The van der Waals surface area contributed by atoms with Gasteiger partial charge < -0.3 is 4.57 Å². The van der Waals surface area contributed by atoms with Crippen molar-refractivity contribution in [2.24, 2.45) is 0 Å². The molecule has 3 rings (SSSR count). The first-order valence-corrected chi connectivity index (χ1v) is 9.24. The van der Waals surface area contributed by atoms with Gasteiger partial charge in [0.25, 0.3) is 10.0 Å². The fourth-order valence-corrected chi connectivity index (χ4v) is 4.40. The lowest BCUT2D eigenvalue weighted by Gasteiger charge is -2.31. The Morgan fingerprint density at radius 1 is 1.30 bits per heavy atom. The average Bonchev–Trinajstić information content (AvgIpc) is 3.06. The normalized spacial score (nSPS) is 20.0. The number of nitrogens with zero attached hydrogens (tertiary/aromatic N) is 5. The molecule has 0 aliphatic carbocycles. The van der Waals surface area contributed by atoms with Crippen LogP contribution in [-0.4, -0.2) is 45.6 Å². The molecule has 1 atom stereocenters. The fourth-order valence-electron chi connectivity index (χ4n) is 2.95. The molecule has 7 nitrogen and oxygen atoms in total. The summed E-state index contributed by atoms with van der Waals surface area (Å²) in [5.41, 5.74) is 0. The zero-order chi connectivity index (χ0) is 16.4. The van der Waals surface area contributed by atoms with Crippen LogP contribution in [0, 0.1) is 0 Å². The Morgan fingerprint density at radius 3 is 2.83 bits per heavy atom. The van der Waals surface area contributed by atoms with Crippen LogP contribution in [0.3, 0.4) is 0 Å². The van der Waals surface area contributed by atoms with Gasteiger partial charge in [0, 0.05) is 31.2 Å². The van der Waals surface area contributed by atoms with Gasteiger partial charge in [-0.2, -0.15) is 4.31 Å². The molecule has 1 fully saturated rings. The van der Waals surface area contributed by atoms with E-state index in [0.717, 1.165) is 18.7 Å². The zero-order valence-corrected chi connectivity index (χ0v) is 14.1. The van der Waals surface area contributed by atoms with E-state index in [2.05, 4.69) is 29.0 Å². The molecule has 1 saturated heterocycles. The first-order chi connectivity index (χ1) is 11.0. The van der Waals surface area contributed by atoms with Gasteiger partial charge in [-0.05, 0) is 38.8 Å². The van der Waals surface area contributed by atoms with E-state index in [1.54, 1.807) is 18.5 Å². The Morgan fingerprint density at radius 2 is 2.13 bits per heavy atom. The summed E-state index contributed by atoms with van der Waals surface area (Å²) in [5, 5.41) is 8.33. The van der Waals surface area contributed by atoms with Crippen molar-refractivity contribution in [1.29, 1.82) is 0 Å². The number of rotatable bonds is 4. The molecular formula is C15H21N5O2S. The predicted molar refractivity (Wildman–Crippen MR) is 85.4 cm³/mol. The maximum absolute atomic E-state index is 12.7. The summed E-state index contributed by atoms with van der Waals surface area (Å²) in [5.74, 6) is 0.924. The molecule has 1 aliphatic rings. The fraction of sp³-hybridized carbons (Fsp3) is 0.533. The summed E-state index contributed by atoms with van der Waals surface area (Å²) < 4.78 is 29.0. The average molecular weight is 335 g/mol. The molecule has 124 valence electrons. The number of pyridine rings is 1. The summed E-state index contributed by atoms with van der Waals surface area (Å²) in [6, 6.07) is 5.19. The van der Waals surface area contributed by atoms with Crippen molar-refractivity contribution >= 4 is 10.0 Å². The van der Waals surface area contributed by atoms with Crippen LogP contribution in [0.15, 0.2) is 35.7 Å². The summed E-state index contributed by atoms with van der Waals surface area (Å²) in [6.07, 6.45) is 4.94. The summed E-state index contributed by atoms with van der Waals surface area (Å²) in [6.45, 7) is 5.08. The molecule has 3 heterocycles. The minimum absolute atomic E-state index is 0.0622. The molecule has 0 N–H and O–H groups in total. The number of hydrogen-bond donors (Lipinski definition) is 0. The highest BCUT2D eigenvalue weighted by atomic mass is 32.2. The summed E-state index contributed by atoms with van der Waals surface area (Å²) >= 11 is 0. The predicted octanol–water partition coefficient (Wildman–Crippen LogP) is 1.82. The minimum Gasteiger partial charge on any atom is -0.315 e. The van der Waals surface area contributed by atoms with Gasteiger partial charge in [-0.25, -0.2) is 13.4 Å². The van der Waals surface area contributed by atoms with Gasteiger partial charge in [0.15, 0.2) is 5.03 Å². The third-order valence-corrected chi connectivity index (χ3v) is 5.93. The van der Waals surface area contributed by atoms with Crippen molar-refractivity contribution in [3.05, 3.63) is 36.5 Å². The maximum Gasteiger partial charge on any atom is 0.260 e. The smallest absolute Gasteiger partial charge is 0.260 e. The first-order valence-electron chi connectivity index (χ1n) is 7.80. The van der Waals surface area contributed by atoms with E-state index in [1.807, 2.05) is 4.57 Å². The van der Waals surface area contributed by atoms with Gasteiger partial charge >= 0.3 is 0 Å². The van der Waals surface area contributed by atoms with Gasteiger partial charge in [-0.15, -0.1) is 10.2 Å². The molecule has 2 aromatic rings. The second-order valence-electron chi connectivity index (χ2n) is 6.06. The van der Waals surface area contributed by atoms with E-state index >= 15 is 0 Å². The molecule has 0 unspecified atom stereocenters. The van der Waals surface area contributed by atoms with Gasteiger partial charge in [-0.1, -0.05) is 6.07 Å². The van der Waals surface area contributed by atoms with Crippen LogP contribution in [0.2, 0.25) is 0 Å². The Bertz CT molecular complexity index is 757. The third-order valence-electron chi connectivity index (χ3n) is 4.15. The standard InChI is InChI=1S/C15H21N5O2S/c1-12(2)20-11-17-18-15(20)13-6-5-9-19(10-13)23(21,22)14-7-3-4-8-16-14/h3-4,7-8,11-13H,5-6,9-10H2,1-2H3/t13-/m1/s1. The molecule has 0 spiro atoms. The molecule has 23 heavy (non-hydrogen) atoms. The van der Waals surface area contributed by atoms with E-state index in [0.29, 0.717) is 13.1 Å². The molecule has 1 aliphatic heterocycles. The number of hydrogen-bond acceptors (Lipinski definition) is 5. The molecule has 0 radical (unpaired) electrons. The summed E-state index contributed by atoms with van der Waals surface area (Å²) in [4.78, 5) is 4.00. The van der Waals surface area contributed by atoms with E-state index in [1.165, 1.54) is 16.6 Å². The largest absolute Gasteiger partial charge is 0.315 e. The van der Waals surface area contributed by atoms with Crippen molar-refractivity contribution in [3.8, 4) is 0 Å². The van der Waals surface area contributed by atoms with Crippen molar-refractivity contribution in [2.75, 3.05) is 13.1 Å². The van der Waals surface area contributed by atoms with Crippen LogP contribution in [-0.2, 0) is 10.0 Å². The van der Waals surface area contributed by atoms with Crippen molar-refractivity contribution in [1.82, 2.24) is 24.1 Å². The first kappa shape index (κ1) is 16.1. The Hall–Kier alpha value is -1.80. The molecule has 0 saturated carbocycles. The van der Waals surface area contributed by atoms with Gasteiger partial charge in [0.05, 0.1) is 0 Å². The Kier molecular flexibility index (Phi) is 4.45.